The molecular formula is C26H25F2N7S. The van der Waals surface area contributed by atoms with Crippen LogP contribution in [0.5, 0.6) is 0 Å². The Morgan fingerprint density at radius 3 is 2.50 bits per heavy atom. The maximum atomic E-state index is 15.0. The summed E-state index contributed by atoms with van der Waals surface area (Å²) in [6, 6.07) is 17.5. The van der Waals surface area contributed by atoms with Crippen molar-refractivity contribution in [2.45, 2.75) is 45.1 Å². The number of aromatic nitrogens is 7. The van der Waals surface area contributed by atoms with Gasteiger partial charge in [-0.25, -0.2) is 9.67 Å². The number of nitrogens with one attached hydrogen (secondary N) is 1. The standard InChI is InChI=1S/C26H25F2N7S/c1-2-3-8-23-29-25(26(27,28)15-19-13-14-36-17-19)32-35(23)16-18-9-11-20(12-10-18)21-6-4-5-7-22(21)24-30-33-34-31-24/h4-7,9-14,17H,2-3,8,15-16H2,1H3,(H,30,31,33,34). The van der Waals surface area contributed by atoms with Gasteiger partial charge < -0.3 is 0 Å². The predicted molar refractivity (Wildman–Crippen MR) is 135 cm³/mol. The van der Waals surface area contributed by atoms with E-state index < -0.39 is 18.2 Å². The van der Waals surface area contributed by atoms with Crippen molar-refractivity contribution in [3.63, 3.8) is 0 Å². The van der Waals surface area contributed by atoms with Crippen LogP contribution in [0.4, 0.5) is 8.78 Å². The maximum absolute atomic E-state index is 15.0. The molecule has 0 aliphatic carbocycles. The highest BCUT2D eigenvalue weighted by molar-refractivity contribution is 7.07. The number of aryl methyl sites for hydroxylation is 1. The van der Waals surface area contributed by atoms with Crippen molar-refractivity contribution in [2.24, 2.45) is 0 Å². The summed E-state index contributed by atoms with van der Waals surface area (Å²) in [4.78, 5) is 4.28. The van der Waals surface area contributed by atoms with Crippen molar-refractivity contribution in [2.75, 3.05) is 0 Å². The first-order chi connectivity index (χ1) is 17.5. The lowest BCUT2D eigenvalue weighted by atomic mass is 9.98. The van der Waals surface area contributed by atoms with Crippen LogP contribution in [0.1, 0.15) is 42.5 Å². The lowest BCUT2D eigenvalue weighted by molar-refractivity contribution is -0.0132. The van der Waals surface area contributed by atoms with Gasteiger partial charge in [-0.1, -0.05) is 61.9 Å². The van der Waals surface area contributed by atoms with Gasteiger partial charge in [0, 0.05) is 18.4 Å². The normalized spacial score (nSPS) is 11.8. The molecule has 3 heterocycles. The van der Waals surface area contributed by atoms with Gasteiger partial charge in [0.25, 0.3) is 0 Å². The molecule has 0 atom stereocenters. The third-order valence-electron chi connectivity index (χ3n) is 5.95. The number of rotatable bonds is 10. The van der Waals surface area contributed by atoms with Gasteiger partial charge in [-0.05, 0) is 50.7 Å². The van der Waals surface area contributed by atoms with Crippen LogP contribution in [-0.4, -0.2) is 35.4 Å². The van der Waals surface area contributed by atoms with Crippen LogP contribution in [-0.2, 0) is 25.3 Å². The first kappa shape index (κ1) is 23.9. The van der Waals surface area contributed by atoms with Gasteiger partial charge in [-0.3, -0.25) is 0 Å². The van der Waals surface area contributed by atoms with Gasteiger partial charge in [0.05, 0.1) is 6.54 Å². The van der Waals surface area contributed by atoms with Crippen LogP contribution in [0.2, 0.25) is 0 Å². The van der Waals surface area contributed by atoms with E-state index in [9.17, 15) is 0 Å². The van der Waals surface area contributed by atoms with Gasteiger partial charge in [-0.15, -0.1) is 15.3 Å². The van der Waals surface area contributed by atoms with Crippen LogP contribution in [0.15, 0.2) is 65.4 Å². The van der Waals surface area contributed by atoms with Crippen molar-refractivity contribution >= 4 is 11.3 Å². The predicted octanol–water partition coefficient (Wildman–Crippen LogP) is 5.91. The zero-order valence-corrected chi connectivity index (χ0v) is 20.6. The molecule has 5 rings (SSSR count). The molecule has 3 aromatic heterocycles. The highest BCUT2D eigenvalue weighted by atomic mass is 32.1. The molecule has 5 aromatic rings. The summed E-state index contributed by atoms with van der Waals surface area (Å²) < 4.78 is 31.7. The number of benzene rings is 2. The minimum atomic E-state index is -3.13. The van der Waals surface area contributed by atoms with E-state index in [2.05, 4.69) is 37.6 Å². The molecule has 0 saturated heterocycles. The third-order valence-corrected chi connectivity index (χ3v) is 6.68. The minimum Gasteiger partial charge on any atom is -0.245 e. The molecule has 0 aliphatic heterocycles. The molecule has 0 radical (unpaired) electrons. The largest absolute Gasteiger partial charge is 0.312 e. The van der Waals surface area contributed by atoms with Gasteiger partial charge in [0.2, 0.25) is 11.6 Å². The highest BCUT2D eigenvalue weighted by Crippen LogP contribution is 2.32. The molecule has 2 aromatic carbocycles. The Morgan fingerprint density at radius 2 is 1.81 bits per heavy atom. The summed E-state index contributed by atoms with van der Waals surface area (Å²) in [5.41, 5.74) is 4.38. The third kappa shape index (κ3) is 5.23. The van der Waals surface area contributed by atoms with E-state index in [4.69, 9.17) is 0 Å². The Balaban J connectivity index is 1.39. The summed E-state index contributed by atoms with van der Waals surface area (Å²) in [6.45, 7) is 2.44. The fourth-order valence-corrected chi connectivity index (χ4v) is 4.74. The molecule has 0 bridgehead atoms. The van der Waals surface area contributed by atoms with Crippen molar-refractivity contribution < 1.29 is 8.78 Å². The summed E-state index contributed by atoms with van der Waals surface area (Å²) in [7, 11) is 0. The molecule has 1 N–H and O–H groups in total. The second kappa shape index (κ2) is 10.4. The molecule has 36 heavy (non-hydrogen) atoms. The second-order valence-corrected chi connectivity index (χ2v) is 9.38. The number of H-pyrrole nitrogens is 1. The molecule has 0 spiro atoms. The van der Waals surface area contributed by atoms with Crippen molar-refractivity contribution in [3.8, 4) is 22.5 Å². The number of halogens is 2. The van der Waals surface area contributed by atoms with E-state index in [-0.39, 0.29) is 0 Å². The van der Waals surface area contributed by atoms with Crippen LogP contribution in [0, 0.1) is 0 Å². The topological polar surface area (TPSA) is 85.2 Å². The summed E-state index contributed by atoms with van der Waals surface area (Å²) in [6.07, 6.45) is 2.01. The number of nitrogens with zero attached hydrogens (tertiary/aromatic N) is 6. The zero-order chi connectivity index (χ0) is 25.0. The molecule has 184 valence electrons. The van der Waals surface area contributed by atoms with E-state index in [0.717, 1.165) is 35.1 Å². The Labute approximate surface area is 211 Å². The van der Waals surface area contributed by atoms with Crippen LogP contribution < -0.4 is 0 Å². The Bertz CT molecular complexity index is 1390. The van der Waals surface area contributed by atoms with Crippen LogP contribution in [0.3, 0.4) is 0 Å². The van der Waals surface area contributed by atoms with Gasteiger partial charge in [-0.2, -0.15) is 25.3 Å². The van der Waals surface area contributed by atoms with Gasteiger partial charge >= 0.3 is 5.92 Å². The molecule has 10 heteroatoms. The number of alkyl halides is 2. The minimum absolute atomic E-state index is 0.368. The first-order valence-electron chi connectivity index (χ1n) is 11.8. The van der Waals surface area contributed by atoms with Crippen molar-refractivity contribution in [1.82, 2.24) is 35.4 Å². The Hall–Kier alpha value is -3.79. The molecule has 0 saturated carbocycles. The number of hydrogen-bond acceptors (Lipinski definition) is 6. The zero-order valence-electron chi connectivity index (χ0n) is 19.7. The highest BCUT2D eigenvalue weighted by Gasteiger charge is 2.37. The number of hydrogen-bond donors (Lipinski definition) is 1. The second-order valence-electron chi connectivity index (χ2n) is 8.60. The molecule has 7 nitrogen and oxygen atoms in total. The summed E-state index contributed by atoms with van der Waals surface area (Å²) in [5.74, 6) is -2.43. The quantitative estimate of drug-likeness (QED) is 0.255. The smallest absolute Gasteiger partial charge is 0.245 e. The lowest BCUT2D eigenvalue weighted by Gasteiger charge is -2.11. The average molecular weight is 506 g/mol. The van der Waals surface area contributed by atoms with E-state index in [1.165, 1.54) is 11.3 Å². The van der Waals surface area contributed by atoms with E-state index in [1.807, 2.05) is 48.5 Å². The van der Waals surface area contributed by atoms with E-state index in [0.29, 0.717) is 30.2 Å². The van der Waals surface area contributed by atoms with E-state index >= 15 is 8.78 Å². The number of aromatic amines is 1. The average Bonchev–Trinajstić information content (AvgIpc) is 3.66. The molecule has 0 unspecified atom stereocenters. The van der Waals surface area contributed by atoms with Crippen LogP contribution in [0.25, 0.3) is 22.5 Å². The van der Waals surface area contributed by atoms with Crippen LogP contribution >= 0.6 is 11.3 Å². The first-order valence-corrected chi connectivity index (χ1v) is 12.7. The molecule has 0 aliphatic rings. The Kier molecular flexibility index (Phi) is 6.95. The summed E-state index contributed by atoms with van der Waals surface area (Å²) >= 11 is 1.41. The molecule has 0 fully saturated rings. The van der Waals surface area contributed by atoms with Gasteiger partial charge in [0.15, 0.2) is 0 Å². The fraction of sp³-hybridized carbons (Fsp3) is 0.269. The van der Waals surface area contributed by atoms with E-state index in [1.54, 1.807) is 21.5 Å². The van der Waals surface area contributed by atoms with Gasteiger partial charge in [0.1, 0.15) is 5.82 Å². The molecular weight excluding hydrogens is 480 g/mol. The Morgan fingerprint density at radius 1 is 1.00 bits per heavy atom. The van der Waals surface area contributed by atoms with Crippen molar-refractivity contribution in [3.05, 3.63) is 88.1 Å². The lowest BCUT2D eigenvalue weighted by Crippen LogP contribution is -2.19. The monoisotopic (exact) mass is 505 g/mol. The molecule has 0 amide bonds. The number of tetrazole rings is 1. The SMILES string of the molecule is CCCCc1nc(C(F)(F)Cc2ccsc2)nn1Cc1ccc(-c2ccccc2-c2nn[nH]n2)cc1. The maximum Gasteiger partial charge on any atom is 0.312 e. The summed E-state index contributed by atoms with van der Waals surface area (Å²) in [5, 5.41) is 22.2. The fourth-order valence-electron chi connectivity index (χ4n) is 4.07. The van der Waals surface area contributed by atoms with Crippen molar-refractivity contribution in [1.29, 1.82) is 0 Å². The number of thiophene rings is 1. The number of unbranched alkanes of at least 4 members (excludes halogenated alkanes) is 1.